The average Bonchev–Trinajstić information content (AvgIpc) is 2.24. The predicted molar refractivity (Wildman–Crippen MR) is 65.3 cm³/mol. The third-order valence-corrected chi connectivity index (χ3v) is 5.90. The Kier molecular flexibility index (Phi) is 4.66. The predicted octanol–water partition coefficient (Wildman–Crippen LogP) is 1.10. The lowest BCUT2D eigenvalue weighted by atomic mass is 10.3. The molecule has 0 spiro atoms. The molecule has 4 N–H and O–H groups in total. The minimum Gasteiger partial charge on any atom is -0.346 e. The maximum absolute atomic E-state index is 11.6. The molecule has 18 heavy (non-hydrogen) atoms. The number of anilines is 1. The quantitative estimate of drug-likeness (QED) is 0.594. The Morgan fingerprint density at radius 3 is 2.44 bits per heavy atom. The molecule has 102 valence electrons. The molecule has 0 aliphatic heterocycles. The molecule has 1 aromatic heterocycles. The Labute approximate surface area is 104 Å². The zero-order valence-electron chi connectivity index (χ0n) is 9.72. The Morgan fingerprint density at radius 2 is 2.00 bits per heavy atom. The maximum atomic E-state index is 11.6. The molecular weight excluding hydrogens is 282 g/mol. The second-order valence-corrected chi connectivity index (χ2v) is 7.68. The number of aromatic nitrogens is 1. The second-order valence-electron chi connectivity index (χ2n) is 3.57. The van der Waals surface area contributed by atoms with Crippen LogP contribution in [-0.2, 0) is 13.7 Å². The number of pyridine rings is 1. The number of hydrogen-bond donors (Lipinski definition) is 4. The molecule has 8 nitrogen and oxygen atoms in total. The highest BCUT2D eigenvalue weighted by atomic mass is 31.2. The first-order chi connectivity index (χ1) is 8.16. The van der Waals surface area contributed by atoms with E-state index in [1.807, 2.05) is 0 Å². The highest BCUT2D eigenvalue weighted by Crippen LogP contribution is 2.62. The van der Waals surface area contributed by atoms with Gasteiger partial charge in [-0.1, -0.05) is 0 Å². The van der Waals surface area contributed by atoms with Crippen molar-refractivity contribution in [3.8, 4) is 0 Å². The number of nitrogens with one attached hydrogen (secondary N) is 1. The molecule has 10 heteroatoms. The van der Waals surface area contributed by atoms with Crippen LogP contribution in [0.4, 0.5) is 5.82 Å². The van der Waals surface area contributed by atoms with Crippen molar-refractivity contribution in [1.29, 1.82) is 0 Å². The standard InChI is InChI=1S/C8H14N2O6P2/c1-6-3-4-9-7(5-6)10-8(17(11,12)13)18(14,15)16-2/h3-5,8H,1-2H3,(H,9,10)(H,14,15)(H2,11,12,13). The minimum atomic E-state index is -4.88. The van der Waals surface area contributed by atoms with Gasteiger partial charge in [0.15, 0.2) is 0 Å². The van der Waals surface area contributed by atoms with Gasteiger partial charge in [-0.3, -0.25) is 9.13 Å². The van der Waals surface area contributed by atoms with Crippen molar-refractivity contribution in [3.63, 3.8) is 0 Å². The fourth-order valence-electron chi connectivity index (χ4n) is 1.20. The lowest BCUT2D eigenvalue weighted by Crippen LogP contribution is -2.21. The van der Waals surface area contributed by atoms with Crippen LogP contribution in [0.25, 0.3) is 0 Å². The molecule has 0 amide bonds. The minimum absolute atomic E-state index is 0.0784. The molecule has 2 unspecified atom stereocenters. The summed E-state index contributed by atoms with van der Waals surface area (Å²) in [6.07, 6.45) is 1.41. The molecule has 0 aliphatic rings. The van der Waals surface area contributed by atoms with Gasteiger partial charge in [-0.15, -0.1) is 0 Å². The second kappa shape index (κ2) is 5.48. The van der Waals surface area contributed by atoms with Gasteiger partial charge in [-0.05, 0) is 24.6 Å². The van der Waals surface area contributed by atoms with Crippen LogP contribution in [0.15, 0.2) is 18.3 Å². The van der Waals surface area contributed by atoms with Gasteiger partial charge in [-0.25, -0.2) is 4.98 Å². The molecule has 1 heterocycles. The zero-order valence-corrected chi connectivity index (χ0v) is 11.5. The molecule has 0 aromatic carbocycles. The summed E-state index contributed by atoms with van der Waals surface area (Å²) in [6.45, 7) is 1.74. The van der Waals surface area contributed by atoms with E-state index in [9.17, 15) is 14.0 Å². The van der Waals surface area contributed by atoms with Gasteiger partial charge in [0, 0.05) is 13.3 Å². The first-order valence-electron chi connectivity index (χ1n) is 4.79. The smallest absolute Gasteiger partial charge is 0.346 e. The number of aryl methyl sites for hydroxylation is 1. The van der Waals surface area contributed by atoms with Crippen molar-refractivity contribution in [2.45, 2.75) is 12.4 Å². The van der Waals surface area contributed by atoms with Crippen molar-refractivity contribution in [2.75, 3.05) is 12.4 Å². The monoisotopic (exact) mass is 296 g/mol. The molecule has 2 atom stereocenters. The van der Waals surface area contributed by atoms with Crippen molar-refractivity contribution >= 4 is 21.0 Å². The zero-order chi connectivity index (χ0) is 14.0. The molecule has 0 radical (unpaired) electrons. The van der Waals surface area contributed by atoms with Crippen molar-refractivity contribution < 1.29 is 28.3 Å². The lowest BCUT2D eigenvalue weighted by Gasteiger charge is -2.23. The average molecular weight is 296 g/mol. The molecule has 0 bridgehead atoms. The maximum Gasteiger partial charge on any atom is 0.362 e. The lowest BCUT2D eigenvalue weighted by molar-refractivity contribution is 0.304. The molecule has 0 saturated heterocycles. The summed E-state index contributed by atoms with van der Waals surface area (Å²) in [4.78, 5) is 31.4. The van der Waals surface area contributed by atoms with Crippen LogP contribution >= 0.6 is 15.2 Å². The van der Waals surface area contributed by atoms with Crippen LogP contribution in [-0.4, -0.2) is 32.3 Å². The van der Waals surface area contributed by atoms with E-state index in [1.54, 1.807) is 13.0 Å². The van der Waals surface area contributed by atoms with Crippen molar-refractivity contribution in [1.82, 2.24) is 4.98 Å². The van der Waals surface area contributed by atoms with Crippen LogP contribution in [0.3, 0.4) is 0 Å². The van der Waals surface area contributed by atoms with Crippen molar-refractivity contribution in [3.05, 3.63) is 23.9 Å². The molecule has 0 aliphatic carbocycles. The van der Waals surface area contributed by atoms with Gasteiger partial charge >= 0.3 is 15.2 Å². The first-order valence-corrected chi connectivity index (χ1v) is 8.12. The van der Waals surface area contributed by atoms with Crippen LogP contribution in [0, 0.1) is 6.92 Å². The summed E-state index contributed by atoms with van der Waals surface area (Å²) in [5.41, 5.74) is -1.27. The van der Waals surface area contributed by atoms with Crippen LogP contribution < -0.4 is 5.32 Å². The summed E-state index contributed by atoms with van der Waals surface area (Å²) >= 11 is 0. The van der Waals surface area contributed by atoms with Crippen LogP contribution in [0.2, 0.25) is 0 Å². The number of hydrogen-bond acceptors (Lipinski definition) is 5. The summed E-state index contributed by atoms with van der Waals surface area (Å²) in [5.74, 6) is 0.0784. The van der Waals surface area contributed by atoms with Gasteiger partial charge in [0.05, 0.1) is 0 Å². The Bertz CT molecular complexity index is 516. The van der Waals surface area contributed by atoms with E-state index in [-0.39, 0.29) is 5.82 Å². The largest absolute Gasteiger partial charge is 0.362 e. The third-order valence-electron chi connectivity index (χ3n) is 2.08. The van der Waals surface area contributed by atoms with Crippen LogP contribution in [0.1, 0.15) is 5.56 Å². The number of nitrogens with zero attached hydrogens (tertiary/aromatic N) is 1. The van der Waals surface area contributed by atoms with E-state index in [1.165, 1.54) is 12.3 Å². The van der Waals surface area contributed by atoms with E-state index in [2.05, 4.69) is 14.8 Å². The Balaban J connectivity index is 3.08. The highest BCUT2D eigenvalue weighted by Gasteiger charge is 2.45. The molecular formula is C8H14N2O6P2. The van der Waals surface area contributed by atoms with Gasteiger partial charge in [0.25, 0.3) is 0 Å². The molecule has 1 rings (SSSR count). The van der Waals surface area contributed by atoms with Gasteiger partial charge in [-0.2, -0.15) is 0 Å². The van der Waals surface area contributed by atoms with E-state index in [4.69, 9.17) is 9.79 Å². The van der Waals surface area contributed by atoms with Crippen LogP contribution in [0.5, 0.6) is 0 Å². The summed E-state index contributed by atoms with van der Waals surface area (Å²) in [5, 5.41) is 2.24. The third kappa shape index (κ3) is 3.88. The topological polar surface area (TPSA) is 129 Å². The van der Waals surface area contributed by atoms with Gasteiger partial charge in [0.1, 0.15) is 5.82 Å². The molecule has 1 aromatic rings. The van der Waals surface area contributed by atoms with E-state index in [0.717, 1.165) is 12.7 Å². The summed E-state index contributed by atoms with van der Waals surface area (Å²) in [6, 6.07) is 3.16. The molecule has 0 fully saturated rings. The van der Waals surface area contributed by atoms with E-state index >= 15 is 0 Å². The fourth-order valence-corrected chi connectivity index (χ4v) is 3.80. The SMILES string of the molecule is COP(=O)(O)C(Nc1cc(C)ccn1)P(=O)(O)O. The Hall–Kier alpha value is -0.750. The number of rotatable bonds is 5. The van der Waals surface area contributed by atoms with Crippen molar-refractivity contribution in [2.24, 2.45) is 0 Å². The normalized spacial score (nSPS) is 16.9. The summed E-state index contributed by atoms with van der Waals surface area (Å²) in [7, 11) is -8.49. The fraction of sp³-hybridized carbons (Fsp3) is 0.375. The van der Waals surface area contributed by atoms with Gasteiger partial charge in [0.2, 0.25) is 5.52 Å². The van der Waals surface area contributed by atoms with E-state index in [0.29, 0.717) is 0 Å². The Morgan fingerprint density at radius 1 is 1.39 bits per heavy atom. The van der Waals surface area contributed by atoms with Gasteiger partial charge < -0.3 is 24.5 Å². The first kappa shape index (κ1) is 15.3. The highest BCUT2D eigenvalue weighted by molar-refractivity contribution is 7.71. The van der Waals surface area contributed by atoms with E-state index < -0.39 is 20.7 Å². The summed E-state index contributed by atoms with van der Waals surface area (Å²) < 4.78 is 27.0. The molecule has 0 saturated carbocycles.